The van der Waals surface area contributed by atoms with Gasteiger partial charge >= 0.3 is 0 Å². The summed E-state index contributed by atoms with van der Waals surface area (Å²) in [5.41, 5.74) is 0. The van der Waals surface area contributed by atoms with Gasteiger partial charge < -0.3 is 9.88 Å². The van der Waals surface area contributed by atoms with Gasteiger partial charge in [-0.05, 0) is 38.8 Å². The molecular formula is C14H24N4. The zero-order valence-electron chi connectivity index (χ0n) is 11.1. The Hall–Kier alpha value is -0.870. The Bertz CT molecular complexity index is 343. The molecule has 2 aliphatic rings. The van der Waals surface area contributed by atoms with E-state index in [0.29, 0.717) is 0 Å². The van der Waals surface area contributed by atoms with Crippen molar-refractivity contribution in [3.8, 4) is 0 Å². The second kappa shape index (κ2) is 5.85. The number of hydrogen-bond acceptors (Lipinski definition) is 3. The SMILES string of the molecule is c1cn(CCN2CCCCC2C2CCCN2)cn1. The van der Waals surface area contributed by atoms with Gasteiger partial charge in [0.05, 0.1) is 6.33 Å². The summed E-state index contributed by atoms with van der Waals surface area (Å²) in [4.78, 5) is 6.82. The highest BCUT2D eigenvalue weighted by atomic mass is 15.2. The average molecular weight is 248 g/mol. The summed E-state index contributed by atoms with van der Waals surface area (Å²) in [6.07, 6.45) is 12.7. The van der Waals surface area contributed by atoms with Gasteiger partial charge in [0.1, 0.15) is 0 Å². The van der Waals surface area contributed by atoms with Crippen molar-refractivity contribution in [1.29, 1.82) is 0 Å². The fourth-order valence-electron chi connectivity index (χ4n) is 3.45. The van der Waals surface area contributed by atoms with Crippen LogP contribution in [0.15, 0.2) is 18.7 Å². The smallest absolute Gasteiger partial charge is 0.0946 e. The van der Waals surface area contributed by atoms with Gasteiger partial charge in [0.2, 0.25) is 0 Å². The lowest BCUT2D eigenvalue weighted by Gasteiger charge is -2.39. The molecule has 2 unspecified atom stereocenters. The van der Waals surface area contributed by atoms with Crippen molar-refractivity contribution < 1.29 is 0 Å². The fraction of sp³-hybridized carbons (Fsp3) is 0.786. The van der Waals surface area contributed by atoms with Crippen molar-refractivity contribution in [2.24, 2.45) is 0 Å². The quantitative estimate of drug-likeness (QED) is 0.876. The van der Waals surface area contributed by atoms with Crippen LogP contribution in [0.4, 0.5) is 0 Å². The third kappa shape index (κ3) is 2.75. The molecule has 0 aliphatic carbocycles. The molecule has 100 valence electrons. The summed E-state index contributed by atoms with van der Waals surface area (Å²) < 4.78 is 2.19. The first-order chi connectivity index (χ1) is 8.93. The molecule has 3 heterocycles. The zero-order valence-corrected chi connectivity index (χ0v) is 11.1. The molecule has 2 fully saturated rings. The maximum atomic E-state index is 4.11. The van der Waals surface area contributed by atoms with E-state index < -0.39 is 0 Å². The van der Waals surface area contributed by atoms with Crippen LogP contribution in [0.5, 0.6) is 0 Å². The monoisotopic (exact) mass is 248 g/mol. The number of nitrogens with zero attached hydrogens (tertiary/aromatic N) is 3. The van der Waals surface area contributed by atoms with Crippen molar-refractivity contribution in [3.05, 3.63) is 18.7 Å². The van der Waals surface area contributed by atoms with Gasteiger partial charge in [-0.25, -0.2) is 4.98 Å². The van der Waals surface area contributed by atoms with Gasteiger partial charge in [-0.1, -0.05) is 6.42 Å². The van der Waals surface area contributed by atoms with Crippen LogP contribution in [0.1, 0.15) is 32.1 Å². The molecule has 0 radical (unpaired) electrons. The van der Waals surface area contributed by atoms with E-state index in [0.717, 1.165) is 18.6 Å². The Balaban J connectivity index is 1.57. The highest BCUT2D eigenvalue weighted by molar-refractivity contribution is 4.90. The summed E-state index contributed by atoms with van der Waals surface area (Å²) in [6, 6.07) is 1.51. The molecule has 2 saturated heterocycles. The average Bonchev–Trinajstić information content (AvgIpc) is 3.10. The molecule has 2 aliphatic heterocycles. The Morgan fingerprint density at radius 3 is 2.94 bits per heavy atom. The predicted octanol–water partition coefficient (Wildman–Crippen LogP) is 1.49. The second-order valence-electron chi connectivity index (χ2n) is 5.60. The molecule has 0 aromatic carbocycles. The molecule has 1 aromatic rings. The number of hydrogen-bond donors (Lipinski definition) is 1. The lowest BCUT2D eigenvalue weighted by molar-refractivity contribution is 0.115. The number of likely N-dealkylation sites (tertiary alicyclic amines) is 1. The highest BCUT2D eigenvalue weighted by Gasteiger charge is 2.31. The Kier molecular flexibility index (Phi) is 3.96. The van der Waals surface area contributed by atoms with Crippen LogP contribution < -0.4 is 5.32 Å². The molecule has 3 rings (SSSR count). The Morgan fingerprint density at radius 1 is 1.17 bits per heavy atom. The molecule has 0 saturated carbocycles. The third-order valence-corrected chi connectivity index (χ3v) is 4.43. The van der Waals surface area contributed by atoms with E-state index in [1.54, 1.807) is 0 Å². The van der Waals surface area contributed by atoms with E-state index in [4.69, 9.17) is 0 Å². The summed E-state index contributed by atoms with van der Waals surface area (Å²) in [6.45, 7) is 4.73. The largest absolute Gasteiger partial charge is 0.336 e. The van der Waals surface area contributed by atoms with Crippen molar-refractivity contribution >= 4 is 0 Å². The summed E-state index contributed by atoms with van der Waals surface area (Å²) in [7, 11) is 0. The summed E-state index contributed by atoms with van der Waals surface area (Å²) >= 11 is 0. The van der Waals surface area contributed by atoms with Gasteiger partial charge in [-0.15, -0.1) is 0 Å². The Labute approximate surface area is 109 Å². The maximum absolute atomic E-state index is 4.11. The van der Waals surface area contributed by atoms with E-state index in [1.165, 1.54) is 51.7 Å². The lowest BCUT2D eigenvalue weighted by atomic mass is 9.94. The van der Waals surface area contributed by atoms with E-state index in [9.17, 15) is 0 Å². The van der Waals surface area contributed by atoms with Gasteiger partial charge in [0.25, 0.3) is 0 Å². The van der Waals surface area contributed by atoms with Crippen molar-refractivity contribution in [2.45, 2.75) is 50.7 Å². The van der Waals surface area contributed by atoms with E-state index in [2.05, 4.69) is 26.0 Å². The molecule has 4 heteroatoms. The highest BCUT2D eigenvalue weighted by Crippen LogP contribution is 2.24. The minimum atomic E-state index is 0.744. The van der Waals surface area contributed by atoms with Gasteiger partial charge in [0, 0.05) is 37.6 Å². The lowest BCUT2D eigenvalue weighted by Crippen LogP contribution is -2.50. The van der Waals surface area contributed by atoms with Gasteiger partial charge in [-0.3, -0.25) is 4.90 Å². The summed E-state index contributed by atoms with van der Waals surface area (Å²) in [5, 5.41) is 3.69. The minimum Gasteiger partial charge on any atom is -0.336 e. The molecule has 1 N–H and O–H groups in total. The van der Waals surface area contributed by atoms with Crippen LogP contribution in [0.2, 0.25) is 0 Å². The van der Waals surface area contributed by atoms with Crippen LogP contribution in [-0.2, 0) is 6.54 Å². The molecule has 1 aromatic heterocycles. The molecule has 18 heavy (non-hydrogen) atoms. The van der Waals surface area contributed by atoms with Crippen LogP contribution in [0.25, 0.3) is 0 Å². The maximum Gasteiger partial charge on any atom is 0.0946 e. The minimum absolute atomic E-state index is 0.744. The van der Waals surface area contributed by atoms with Crippen molar-refractivity contribution in [1.82, 2.24) is 19.8 Å². The molecule has 0 bridgehead atoms. The molecular weight excluding hydrogens is 224 g/mol. The van der Waals surface area contributed by atoms with Crippen LogP contribution in [0, 0.1) is 0 Å². The molecule has 2 atom stereocenters. The zero-order chi connectivity index (χ0) is 12.2. The third-order valence-electron chi connectivity index (χ3n) is 4.43. The van der Waals surface area contributed by atoms with E-state index in [1.807, 2.05) is 12.5 Å². The summed E-state index contributed by atoms with van der Waals surface area (Å²) in [5.74, 6) is 0. The molecule has 0 amide bonds. The second-order valence-corrected chi connectivity index (χ2v) is 5.60. The van der Waals surface area contributed by atoms with Crippen molar-refractivity contribution in [3.63, 3.8) is 0 Å². The topological polar surface area (TPSA) is 33.1 Å². The van der Waals surface area contributed by atoms with Crippen LogP contribution >= 0.6 is 0 Å². The normalized spacial score (nSPS) is 29.8. The van der Waals surface area contributed by atoms with Crippen LogP contribution in [-0.4, -0.2) is 46.2 Å². The number of imidazole rings is 1. The number of aromatic nitrogens is 2. The first-order valence-electron chi connectivity index (χ1n) is 7.37. The predicted molar refractivity (Wildman–Crippen MR) is 72.5 cm³/mol. The molecule has 0 spiro atoms. The first-order valence-corrected chi connectivity index (χ1v) is 7.37. The van der Waals surface area contributed by atoms with E-state index >= 15 is 0 Å². The first kappa shape index (κ1) is 12.2. The van der Waals surface area contributed by atoms with Gasteiger partial charge in [-0.2, -0.15) is 0 Å². The van der Waals surface area contributed by atoms with Crippen molar-refractivity contribution in [2.75, 3.05) is 19.6 Å². The Morgan fingerprint density at radius 2 is 2.17 bits per heavy atom. The fourth-order valence-corrected chi connectivity index (χ4v) is 3.45. The van der Waals surface area contributed by atoms with E-state index in [-0.39, 0.29) is 0 Å². The number of nitrogens with one attached hydrogen (secondary N) is 1. The standard InChI is InChI=1S/C14H24N4/c1-2-8-18(11-10-17-9-7-15-12-17)14(5-1)13-4-3-6-16-13/h7,9,12-14,16H,1-6,8,10-11H2. The van der Waals surface area contributed by atoms with Gasteiger partial charge in [0.15, 0.2) is 0 Å². The number of piperidine rings is 1. The number of rotatable bonds is 4. The van der Waals surface area contributed by atoms with Crippen LogP contribution in [0.3, 0.4) is 0 Å². The molecule has 4 nitrogen and oxygen atoms in total.